The van der Waals surface area contributed by atoms with Crippen molar-refractivity contribution >= 4 is 23.3 Å². The summed E-state index contributed by atoms with van der Waals surface area (Å²) in [5, 5.41) is 0. The summed E-state index contributed by atoms with van der Waals surface area (Å²) in [6, 6.07) is 4.77. The number of halogens is 1. The van der Waals surface area contributed by atoms with Gasteiger partial charge in [-0.15, -0.1) is 0 Å². The van der Waals surface area contributed by atoms with Crippen molar-refractivity contribution in [3.8, 4) is 0 Å². The van der Waals surface area contributed by atoms with E-state index in [1.807, 2.05) is 4.57 Å². The first-order valence-electron chi connectivity index (χ1n) is 6.03. The number of hydrogen-bond donors (Lipinski definition) is 1. The van der Waals surface area contributed by atoms with Crippen molar-refractivity contribution in [1.29, 1.82) is 0 Å². The van der Waals surface area contributed by atoms with E-state index in [2.05, 4.69) is 11.9 Å². The van der Waals surface area contributed by atoms with Crippen molar-refractivity contribution in [2.24, 2.45) is 11.8 Å². The number of benzene rings is 1. The first-order chi connectivity index (χ1) is 8.15. The molecule has 0 bridgehead atoms. The number of nitrogens with zero attached hydrogens (tertiary/aromatic N) is 1. The maximum Gasteiger partial charge on any atom is 0.178 e. The van der Waals surface area contributed by atoms with Gasteiger partial charge in [0.05, 0.1) is 11.0 Å². The maximum absolute atomic E-state index is 13.3. The molecule has 3 rings (SSSR count). The van der Waals surface area contributed by atoms with Gasteiger partial charge in [0.1, 0.15) is 5.82 Å². The van der Waals surface area contributed by atoms with Gasteiger partial charge in [0.2, 0.25) is 0 Å². The second kappa shape index (κ2) is 3.95. The Morgan fingerprint density at radius 1 is 1.53 bits per heavy atom. The van der Waals surface area contributed by atoms with Crippen molar-refractivity contribution < 1.29 is 4.39 Å². The third-order valence-corrected chi connectivity index (χ3v) is 3.96. The van der Waals surface area contributed by atoms with Crippen molar-refractivity contribution in [2.75, 3.05) is 0 Å². The van der Waals surface area contributed by atoms with Gasteiger partial charge in [0.15, 0.2) is 4.77 Å². The lowest BCUT2D eigenvalue weighted by Crippen LogP contribution is -2.09. The first kappa shape index (κ1) is 11.0. The molecule has 1 aliphatic carbocycles. The number of H-pyrrole nitrogens is 1. The molecule has 90 valence electrons. The van der Waals surface area contributed by atoms with E-state index in [0.29, 0.717) is 10.7 Å². The summed E-state index contributed by atoms with van der Waals surface area (Å²) in [5.74, 6) is 1.23. The van der Waals surface area contributed by atoms with Crippen LogP contribution in [-0.2, 0) is 6.54 Å². The summed E-state index contributed by atoms with van der Waals surface area (Å²) >= 11 is 5.31. The van der Waals surface area contributed by atoms with Crippen LogP contribution in [-0.4, -0.2) is 9.55 Å². The molecule has 2 aromatic rings. The van der Waals surface area contributed by atoms with Crippen LogP contribution in [0.5, 0.6) is 0 Å². The Bertz CT molecular complexity index is 609. The molecule has 0 amide bonds. The Hall–Kier alpha value is -1.16. The SMILES string of the molecule is CC(Cn1c(=S)[nH]c2ccc(F)cc21)C1CC1. The number of imidazole rings is 1. The van der Waals surface area contributed by atoms with Gasteiger partial charge in [-0.2, -0.15) is 0 Å². The van der Waals surface area contributed by atoms with Crippen molar-refractivity contribution in [3.05, 3.63) is 28.8 Å². The molecule has 1 fully saturated rings. The molecule has 4 heteroatoms. The standard InChI is InChI=1S/C13H15FN2S/c1-8(9-2-3-9)7-16-12-6-10(14)4-5-11(12)15-13(16)17/h4-6,8-9H,2-3,7H2,1H3,(H,15,17). The molecular weight excluding hydrogens is 235 g/mol. The average molecular weight is 250 g/mol. The highest BCUT2D eigenvalue weighted by molar-refractivity contribution is 7.71. The molecular formula is C13H15FN2S. The van der Waals surface area contributed by atoms with Gasteiger partial charge in [-0.3, -0.25) is 0 Å². The average Bonchev–Trinajstić information content (AvgIpc) is 3.08. The molecule has 0 spiro atoms. The molecule has 1 aromatic carbocycles. The van der Waals surface area contributed by atoms with Crippen molar-refractivity contribution in [2.45, 2.75) is 26.3 Å². The zero-order chi connectivity index (χ0) is 12.0. The van der Waals surface area contributed by atoms with E-state index in [1.165, 1.54) is 18.9 Å². The zero-order valence-electron chi connectivity index (χ0n) is 9.74. The molecule has 17 heavy (non-hydrogen) atoms. The topological polar surface area (TPSA) is 20.7 Å². The predicted octanol–water partition coefficient (Wildman–Crippen LogP) is 3.88. The zero-order valence-corrected chi connectivity index (χ0v) is 10.6. The normalized spacial score (nSPS) is 17.5. The van der Waals surface area contributed by atoms with Crippen LogP contribution in [0.3, 0.4) is 0 Å². The van der Waals surface area contributed by atoms with Crippen LogP contribution in [0.15, 0.2) is 18.2 Å². The minimum atomic E-state index is -0.209. The molecule has 1 unspecified atom stereocenters. The molecule has 1 aromatic heterocycles. The van der Waals surface area contributed by atoms with Crippen LogP contribution in [0.2, 0.25) is 0 Å². The highest BCUT2D eigenvalue weighted by Crippen LogP contribution is 2.37. The molecule has 1 heterocycles. The predicted molar refractivity (Wildman–Crippen MR) is 69.0 cm³/mol. The van der Waals surface area contributed by atoms with Gasteiger partial charge in [0, 0.05) is 6.54 Å². The largest absolute Gasteiger partial charge is 0.331 e. The third-order valence-electron chi connectivity index (χ3n) is 3.63. The van der Waals surface area contributed by atoms with Crippen LogP contribution >= 0.6 is 12.2 Å². The van der Waals surface area contributed by atoms with E-state index in [4.69, 9.17) is 12.2 Å². The van der Waals surface area contributed by atoms with E-state index in [9.17, 15) is 4.39 Å². The highest BCUT2D eigenvalue weighted by Gasteiger charge is 2.28. The lowest BCUT2D eigenvalue weighted by atomic mass is 10.1. The van der Waals surface area contributed by atoms with Gasteiger partial charge in [-0.05, 0) is 55.1 Å². The third kappa shape index (κ3) is 2.02. The fourth-order valence-electron chi connectivity index (χ4n) is 2.41. The van der Waals surface area contributed by atoms with Crippen LogP contribution in [0, 0.1) is 22.4 Å². The molecule has 1 N–H and O–H groups in total. The lowest BCUT2D eigenvalue weighted by molar-refractivity contribution is 0.433. The number of fused-ring (bicyclic) bond motifs is 1. The fourth-order valence-corrected chi connectivity index (χ4v) is 2.69. The lowest BCUT2D eigenvalue weighted by Gasteiger charge is -2.11. The Morgan fingerprint density at radius 2 is 2.29 bits per heavy atom. The fraction of sp³-hybridized carbons (Fsp3) is 0.462. The maximum atomic E-state index is 13.3. The van der Waals surface area contributed by atoms with E-state index in [0.717, 1.165) is 23.5 Å². The van der Waals surface area contributed by atoms with Crippen molar-refractivity contribution in [3.63, 3.8) is 0 Å². The van der Waals surface area contributed by atoms with Crippen LogP contribution in [0.4, 0.5) is 4.39 Å². The Morgan fingerprint density at radius 3 is 3.00 bits per heavy atom. The summed E-state index contributed by atoms with van der Waals surface area (Å²) in [6.07, 6.45) is 2.65. The number of aromatic nitrogens is 2. The first-order valence-corrected chi connectivity index (χ1v) is 6.44. The van der Waals surface area contributed by atoms with Gasteiger partial charge in [0.25, 0.3) is 0 Å². The van der Waals surface area contributed by atoms with E-state index < -0.39 is 0 Å². The number of nitrogens with one attached hydrogen (secondary N) is 1. The molecule has 0 saturated heterocycles. The minimum absolute atomic E-state index is 0.209. The van der Waals surface area contributed by atoms with Crippen LogP contribution in [0.25, 0.3) is 11.0 Å². The second-order valence-corrected chi connectivity index (χ2v) is 5.40. The molecule has 1 atom stereocenters. The smallest absolute Gasteiger partial charge is 0.178 e. The molecule has 1 aliphatic rings. The van der Waals surface area contributed by atoms with Crippen LogP contribution < -0.4 is 0 Å². The molecule has 0 aliphatic heterocycles. The van der Waals surface area contributed by atoms with Gasteiger partial charge in [-0.25, -0.2) is 4.39 Å². The summed E-state index contributed by atoms with van der Waals surface area (Å²) in [4.78, 5) is 3.13. The number of aromatic amines is 1. The monoisotopic (exact) mass is 250 g/mol. The minimum Gasteiger partial charge on any atom is -0.331 e. The second-order valence-electron chi connectivity index (χ2n) is 5.02. The molecule has 2 nitrogen and oxygen atoms in total. The number of rotatable bonds is 3. The van der Waals surface area contributed by atoms with Gasteiger partial charge in [-0.1, -0.05) is 6.92 Å². The highest BCUT2D eigenvalue weighted by atomic mass is 32.1. The number of hydrogen-bond acceptors (Lipinski definition) is 1. The van der Waals surface area contributed by atoms with Crippen molar-refractivity contribution in [1.82, 2.24) is 9.55 Å². The summed E-state index contributed by atoms with van der Waals surface area (Å²) in [7, 11) is 0. The summed E-state index contributed by atoms with van der Waals surface area (Å²) < 4.78 is 16.0. The van der Waals surface area contributed by atoms with Crippen LogP contribution in [0.1, 0.15) is 19.8 Å². The quantitative estimate of drug-likeness (QED) is 0.820. The molecule has 0 radical (unpaired) electrons. The Kier molecular flexibility index (Phi) is 2.54. The Labute approximate surface area is 104 Å². The summed E-state index contributed by atoms with van der Waals surface area (Å²) in [6.45, 7) is 3.13. The Balaban J connectivity index is 2.04. The van der Waals surface area contributed by atoms with Gasteiger partial charge >= 0.3 is 0 Å². The van der Waals surface area contributed by atoms with Gasteiger partial charge < -0.3 is 9.55 Å². The van der Waals surface area contributed by atoms with E-state index in [-0.39, 0.29) is 5.82 Å². The van der Waals surface area contributed by atoms with E-state index >= 15 is 0 Å². The summed E-state index contributed by atoms with van der Waals surface area (Å²) in [5.41, 5.74) is 1.79. The molecule has 1 saturated carbocycles. The van der Waals surface area contributed by atoms with E-state index in [1.54, 1.807) is 12.1 Å².